The zero-order valence-electron chi connectivity index (χ0n) is 31.1. The molecule has 12 rings (SSSR count). The van der Waals surface area contributed by atoms with Gasteiger partial charge in [-0.1, -0.05) is 170 Å². The van der Waals surface area contributed by atoms with Gasteiger partial charge in [-0.15, -0.1) is 0 Å². The van der Waals surface area contributed by atoms with E-state index in [-0.39, 0.29) is 0 Å². The van der Waals surface area contributed by atoms with Crippen molar-refractivity contribution >= 4 is 56.6 Å². The van der Waals surface area contributed by atoms with Crippen LogP contribution in [0.25, 0.3) is 67.5 Å². The van der Waals surface area contributed by atoms with Gasteiger partial charge in [-0.3, -0.25) is 0 Å². The molecule has 0 saturated carbocycles. The predicted molar refractivity (Wildman–Crippen MR) is 238 cm³/mol. The molecule has 1 atom stereocenters. The number of anilines is 2. The topological polar surface area (TPSA) is 16.4 Å². The van der Waals surface area contributed by atoms with E-state index in [1.54, 1.807) is 0 Å². The minimum Gasteiger partial charge on any atom is -0.456 e. The molecule has 8 aromatic rings. The van der Waals surface area contributed by atoms with E-state index >= 15 is 0 Å². The van der Waals surface area contributed by atoms with E-state index in [2.05, 4.69) is 211 Å². The third-order valence-electron chi connectivity index (χ3n) is 12.3. The molecule has 1 aromatic heterocycles. The normalized spacial score (nSPS) is 17.3. The molecule has 0 saturated heterocycles. The third-order valence-corrected chi connectivity index (χ3v) is 12.3. The van der Waals surface area contributed by atoms with Crippen LogP contribution in [0, 0.1) is 5.41 Å². The second-order valence-corrected chi connectivity index (χ2v) is 15.2. The van der Waals surface area contributed by atoms with E-state index in [0.717, 1.165) is 50.0 Å². The molecule has 7 aromatic carbocycles. The van der Waals surface area contributed by atoms with E-state index in [4.69, 9.17) is 4.42 Å². The molecule has 0 amide bonds. The predicted octanol–water partition coefficient (Wildman–Crippen LogP) is 14.5. The van der Waals surface area contributed by atoms with Crippen molar-refractivity contribution in [3.05, 3.63) is 239 Å². The van der Waals surface area contributed by atoms with Gasteiger partial charge in [0.25, 0.3) is 0 Å². The van der Waals surface area contributed by atoms with E-state index < -0.39 is 5.41 Å². The lowest BCUT2D eigenvalue weighted by atomic mass is 9.63. The average molecular weight is 726 g/mol. The quantitative estimate of drug-likeness (QED) is 0.176. The summed E-state index contributed by atoms with van der Waals surface area (Å²) in [6.45, 7) is 0. The van der Waals surface area contributed by atoms with E-state index in [9.17, 15) is 0 Å². The first-order chi connectivity index (χ1) is 28.3. The van der Waals surface area contributed by atoms with Crippen LogP contribution in [0.1, 0.15) is 22.3 Å². The largest absolute Gasteiger partial charge is 0.456 e. The van der Waals surface area contributed by atoms with Crippen molar-refractivity contribution in [3.8, 4) is 22.3 Å². The van der Waals surface area contributed by atoms with Crippen molar-refractivity contribution in [2.75, 3.05) is 4.90 Å². The smallest absolute Gasteiger partial charge is 0.136 e. The lowest BCUT2D eigenvalue weighted by molar-refractivity contribution is 0.669. The molecular formula is C55H35NO. The maximum Gasteiger partial charge on any atom is 0.136 e. The van der Waals surface area contributed by atoms with Gasteiger partial charge in [0.15, 0.2) is 0 Å². The first-order valence-corrected chi connectivity index (χ1v) is 19.7. The number of nitrogens with zero attached hydrogens (tertiary/aromatic N) is 1. The number of para-hydroxylation sites is 3. The van der Waals surface area contributed by atoms with Gasteiger partial charge in [0.1, 0.15) is 11.2 Å². The molecule has 1 heterocycles. The SMILES string of the molecule is C1=CC2(C3=Cc4ccccc4C3=C1)C1=Cc3ccccc3C1=CC=C2N(c1ccccc1-c1ccccc1)c1ccccc1-c1cccc2oc3ccccc3c12. The molecule has 2 nitrogen and oxygen atoms in total. The molecule has 1 unspecified atom stereocenters. The van der Waals surface area contributed by atoms with Crippen molar-refractivity contribution < 1.29 is 4.42 Å². The second-order valence-electron chi connectivity index (χ2n) is 15.2. The number of benzene rings is 7. The van der Waals surface area contributed by atoms with Crippen LogP contribution in [0.15, 0.2) is 221 Å². The highest BCUT2D eigenvalue weighted by Crippen LogP contribution is 2.64. The number of rotatable bonds is 5. The highest BCUT2D eigenvalue weighted by Gasteiger charge is 2.50. The number of allylic oxidation sites excluding steroid dienone is 7. The maximum absolute atomic E-state index is 6.48. The van der Waals surface area contributed by atoms with Gasteiger partial charge in [-0.2, -0.15) is 0 Å². The van der Waals surface area contributed by atoms with Crippen LogP contribution < -0.4 is 4.90 Å². The number of furan rings is 1. The molecular weight excluding hydrogens is 691 g/mol. The minimum absolute atomic E-state index is 0.628. The Hall–Kier alpha value is -7.42. The molecule has 57 heavy (non-hydrogen) atoms. The van der Waals surface area contributed by atoms with Crippen molar-refractivity contribution in [3.63, 3.8) is 0 Å². The Labute approximate surface area is 331 Å². The number of fused-ring (bicyclic) bond motifs is 11. The monoisotopic (exact) mass is 725 g/mol. The molecule has 0 radical (unpaired) electrons. The van der Waals surface area contributed by atoms with Crippen LogP contribution in [0.4, 0.5) is 11.4 Å². The fourth-order valence-electron chi connectivity index (χ4n) is 9.84. The van der Waals surface area contributed by atoms with Crippen molar-refractivity contribution in [2.24, 2.45) is 5.41 Å². The molecule has 0 N–H and O–H groups in total. The second kappa shape index (κ2) is 12.3. The zero-order valence-corrected chi connectivity index (χ0v) is 31.1. The van der Waals surface area contributed by atoms with Gasteiger partial charge >= 0.3 is 0 Å². The Balaban J connectivity index is 1.19. The summed E-state index contributed by atoms with van der Waals surface area (Å²) < 4.78 is 6.48. The first kappa shape index (κ1) is 31.9. The first-order valence-electron chi connectivity index (χ1n) is 19.7. The summed E-state index contributed by atoms with van der Waals surface area (Å²) in [5, 5.41) is 2.24. The van der Waals surface area contributed by atoms with Gasteiger partial charge in [0, 0.05) is 27.6 Å². The fraction of sp³-hybridized carbons (Fsp3) is 0.0182. The van der Waals surface area contributed by atoms with Crippen LogP contribution in [-0.4, -0.2) is 0 Å². The standard InChI is InChI=1S/C55H35NO/c1-2-16-36(17-3-1)41-22-8-11-27-49(41)56(50-28-12-9-23-44(50)45-25-14-30-52-54(45)46-24-10-13-29-51(46)57-52)53-32-31-43-40-21-7-5-19-38(40)35-48(43)55(53)33-15-26-42-39-20-6-4-18-37(39)34-47(42)55/h1-35H. The summed E-state index contributed by atoms with van der Waals surface area (Å²) in [6, 6.07) is 61.1. The molecule has 266 valence electrons. The summed E-state index contributed by atoms with van der Waals surface area (Å²) in [6.07, 6.45) is 16.7. The van der Waals surface area contributed by atoms with Crippen LogP contribution in [0.3, 0.4) is 0 Å². The van der Waals surface area contributed by atoms with Gasteiger partial charge < -0.3 is 9.32 Å². The van der Waals surface area contributed by atoms with Crippen LogP contribution >= 0.6 is 0 Å². The highest BCUT2D eigenvalue weighted by molar-refractivity contribution is 6.14. The Kier molecular flexibility index (Phi) is 6.88. The Bertz CT molecular complexity index is 3160. The molecule has 2 heteroatoms. The summed E-state index contributed by atoms with van der Waals surface area (Å²) in [5.41, 5.74) is 19.3. The van der Waals surface area contributed by atoms with Crippen LogP contribution in [-0.2, 0) is 0 Å². The Morgan fingerprint density at radius 1 is 0.421 bits per heavy atom. The van der Waals surface area contributed by atoms with Crippen LogP contribution in [0.2, 0.25) is 0 Å². The van der Waals surface area contributed by atoms with Gasteiger partial charge in [-0.05, 0) is 98.2 Å². The average Bonchev–Trinajstić information content (AvgIpc) is 3.98. The summed E-state index contributed by atoms with van der Waals surface area (Å²) in [5.74, 6) is 0. The molecule has 4 aliphatic carbocycles. The summed E-state index contributed by atoms with van der Waals surface area (Å²) in [7, 11) is 0. The highest BCUT2D eigenvalue weighted by atomic mass is 16.3. The number of hydrogen-bond donors (Lipinski definition) is 0. The van der Waals surface area contributed by atoms with Gasteiger partial charge in [0.2, 0.25) is 0 Å². The van der Waals surface area contributed by atoms with E-state index in [1.165, 1.54) is 55.8 Å². The lowest BCUT2D eigenvalue weighted by Crippen LogP contribution is -2.37. The Morgan fingerprint density at radius 3 is 1.74 bits per heavy atom. The van der Waals surface area contributed by atoms with Gasteiger partial charge in [-0.25, -0.2) is 0 Å². The fourth-order valence-corrected chi connectivity index (χ4v) is 9.84. The molecule has 0 aliphatic heterocycles. The molecule has 1 spiro atoms. The van der Waals surface area contributed by atoms with Crippen molar-refractivity contribution in [1.29, 1.82) is 0 Å². The van der Waals surface area contributed by atoms with Crippen molar-refractivity contribution in [1.82, 2.24) is 0 Å². The minimum atomic E-state index is -0.628. The zero-order chi connectivity index (χ0) is 37.5. The summed E-state index contributed by atoms with van der Waals surface area (Å²) in [4.78, 5) is 2.56. The summed E-state index contributed by atoms with van der Waals surface area (Å²) >= 11 is 0. The number of hydrogen-bond acceptors (Lipinski definition) is 2. The van der Waals surface area contributed by atoms with Crippen molar-refractivity contribution in [2.45, 2.75) is 0 Å². The third kappa shape index (κ3) is 4.59. The maximum atomic E-state index is 6.48. The van der Waals surface area contributed by atoms with E-state index in [0.29, 0.717) is 0 Å². The van der Waals surface area contributed by atoms with Gasteiger partial charge in [0.05, 0.1) is 16.8 Å². The van der Waals surface area contributed by atoms with E-state index in [1.807, 2.05) is 6.07 Å². The molecule has 0 fully saturated rings. The molecule has 4 aliphatic rings. The Morgan fingerprint density at radius 2 is 0.982 bits per heavy atom. The lowest BCUT2D eigenvalue weighted by Gasteiger charge is -2.46. The van der Waals surface area contributed by atoms with Crippen LogP contribution in [0.5, 0.6) is 0 Å². The molecule has 0 bridgehead atoms.